The maximum Gasteiger partial charge on any atom is 0.117 e. The number of fused-ring (bicyclic) bond motifs is 2. The summed E-state index contributed by atoms with van der Waals surface area (Å²) in [6.45, 7) is 3.24. The molecule has 2 aromatic rings. The molecule has 0 saturated carbocycles. The fraction of sp³-hybridized carbons (Fsp3) is 0.455. The van der Waals surface area contributed by atoms with E-state index in [4.69, 9.17) is 0 Å². The Morgan fingerprint density at radius 2 is 1.77 bits per heavy atom. The van der Waals surface area contributed by atoms with E-state index in [-0.39, 0.29) is 0 Å². The van der Waals surface area contributed by atoms with Crippen LogP contribution in [0.25, 0.3) is 0 Å². The van der Waals surface area contributed by atoms with Crippen LogP contribution in [0.1, 0.15) is 36.8 Å². The van der Waals surface area contributed by atoms with Crippen molar-refractivity contribution in [1.82, 2.24) is 4.90 Å². The third-order valence-electron chi connectivity index (χ3n) is 5.58. The van der Waals surface area contributed by atoms with Gasteiger partial charge in [0.1, 0.15) is 5.60 Å². The topological polar surface area (TPSA) is 26.7 Å². The molecule has 2 aliphatic rings. The Morgan fingerprint density at radius 3 is 2.54 bits per heavy atom. The Kier molecular flexibility index (Phi) is 5.00. The minimum Gasteiger partial charge on any atom is -0.380 e. The summed E-state index contributed by atoms with van der Waals surface area (Å²) in [5.74, 6) is 0. The monoisotopic (exact) mass is 368 g/mol. The zero-order chi connectivity index (χ0) is 18.1. The van der Waals surface area contributed by atoms with Crippen LogP contribution in [-0.4, -0.2) is 43.7 Å². The number of anilines is 1. The molecule has 26 heavy (non-hydrogen) atoms. The van der Waals surface area contributed by atoms with Crippen molar-refractivity contribution in [1.29, 1.82) is 0 Å². The number of hydrogen-bond acceptors (Lipinski definition) is 4. The largest absolute Gasteiger partial charge is 0.380 e. The molecule has 138 valence electrons. The van der Waals surface area contributed by atoms with Gasteiger partial charge in [-0.15, -0.1) is 0 Å². The van der Waals surface area contributed by atoms with Gasteiger partial charge in [0.25, 0.3) is 0 Å². The van der Waals surface area contributed by atoms with Crippen LogP contribution in [0.2, 0.25) is 0 Å². The van der Waals surface area contributed by atoms with E-state index in [1.165, 1.54) is 28.3 Å². The van der Waals surface area contributed by atoms with Gasteiger partial charge in [-0.1, -0.05) is 30.0 Å². The molecular formula is C22H28N2OS. The lowest BCUT2D eigenvalue weighted by Crippen LogP contribution is -2.32. The average molecular weight is 369 g/mol. The quantitative estimate of drug-likeness (QED) is 0.850. The molecule has 0 aliphatic carbocycles. The fourth-order valence-electron chi connectivity index (χ4n) is 4.18. The molecule has 2 aromatic carbocycles. The van der Waals surface area contributed by atoms with Crippen LogP contribution < -0.4 is 4.90 Å². The second-order valence-corrected chi connectivity index (χ2v) is 8.82. The molecule has 0 amide bonds. The van der Waals surface area contributed by atoms with Gasteiger partial charge in [-0.2, -0.15) is 0 Å². The molecule has 3 nitrogen and oxygen atoms in total. The normalized spacial score (nSPS) is 21.8. The Balaban J connectivity index is 1.74. The molecule has 0 radical (unpaired) electrons. The third kappa shape index (κ3) is 3.26. The van der Waals surface area contributed by atoms with E-state index >= 15 is 0 Å². The predicted molar refractivity (Wildman–Crippen MR) is 109 cm³/mol. The lowest BCUT2D eigenvalue weighted by atomic mass is 9.81. The number of benzene rings is 2. The van der Waals surface area contributed by atoms with Gasteiger partial charge in [0.05, 0.1) is 0 Å². The summed E-state index contributed by atoms with van der Waals surface area (Å²) >= 11 is 1.79. The van der Waals surface area contributed by atoms with Crippen LogP contribution in [0.3, 0.4) is 0 Å². The summed E-state index contributed by atoms with van der Waals surface area (Å²) in [7, 11) is 4.18. The van der Waals surface area contributed by atoms with Gasteiger partial charge < -0.3 is 14.9 Å². The van der Waals surface area contributed by atoms with Crippen LogP contribution in [0.5, 0.6) is 0 Å². The van der Waals surface area contributed by atoms with Gasteiger partial charge in [-0.05, 0) is 70.6 Å². The Labute approximate surface area is 161 Å². The molecule has 1 atom stereocenters. The van der Waals surface area contributed by atoms with Crippen molar-refractivity contribution in [3.05, 3.63) is 53.6 Å². The Morgan fingerprint density at radius 1 is 1.04 bits per heavy atom. The number of rotatable bonds is 5. The molecular weight excluding hydrogens is 340 g/mol. The van der Waals surface area contributed by atoms with Crippen LogP contribution in [-0.2, 0) is 5.60 Å². The van der Waals surface area contributed by atoms with Gasteiger partial charge >= 0.3 is 0 Å². The summed E-state index contributed by atoms with van der Waals surface area (Å²) in [5, 5.41) is 11.9. The van der Waals surface area contributed by atoms with Crippen molar-refractivity contribution in [2.45, 2.75) is 41.1 Å². The lowest BCUT2D eigenvalue weighted by molar-refractivity contribution is 0.0600. The van der Waals surface area contributed by atoms with Gasteiger partial charge in [0.2, 0.25) is 0 Å². The van der Waals surface area contributed by atoms with Crippen LogP contribution in [0, 0.1) is 0 Å². The standard InChI is InChI=1S/C22H28N2OS/c1-23(2)13-7-12-22(25)18-8-3-4-9-20(18)26-21-11-10-17(16-19(21)22)24-14-5-6-15-24/h3-4,8-11,16,25H,5-7,12-15H2,1-2H3/t22-/m1/s1. The van der Waals surface area contributed by atoms with Crippen molar-refractivity contribution in [3.63, 3.8) is 0 Å². The SMILES string of the molecule is CN(C)CCC[C@@]1(O)c2ccccc2Sc2ccc(N3CCCC3)cc21. The van der Waals surface area contributed by atoms with E-state index < -0.39 is 5.60 Å². The third-order valence-corrected chi connectivity index (χ3v) is 6.73. The zero-order valence-corrected chi connectivity index (χ0v) is 16.6. The van der Waals surface area contributed by atoms with Gasteiger partial charge in [0, 0.05) is 39.7 Å². The van der Waals surface area contributed by atoms with E-state index in [1.54, 1.807) is 11.8 Å². The highest BCUT2D eigenvalue weighted by Crippen LogP contribution is 2.50. The molecule has 4 heteroatoms. The number of nitrogens with zero attached hydrogens (tertiary/aromatic N) is 2. The maximum absolute atomic E-state index is 11.9. The van der Waals surface area contributed by atoms with Crippen molar-refractivity contribution in [2.75, 3.05) is 38.6 Å². The Hall–Kier alpha value is -1.49. The Bertz CT molecular complexity index is 785. The molecule has 2 aliphatic heterocycles. The smallest absolute Gasteiger partial charge is 0.117 e. The minimum atomic E-state index is -0.900. The first kappa shape index (κ1) is 17.9. The first-order valence-electron chi connectivity index (χ1n) is 9.62. The fourth-order valence-corrected chi connectivity index (χ4v) is 5.39. The molecule has 1 fully saturated rings. The molecule has 4 rings (SSSR count). The molecule has 0 bridgehead atoms. The summed E-state index contributed by atoms with van der Waals surface area (Å²) in [6, 6.07) is 15.0. The van der Waals surface area contributed by atoms with E-state index in [1.807, 2.05) is 6.07 Å². The molecule has 0 spiro atoms. The van der Waals surface area contributed by atoms with Crippen molar-refractivity contribution >= 4 is 17.4 Å². The second kappa shape index (κ2) is 7.26. The second-order valence-electron chi connectivity index (χ2n) is 7.74. The summed E-state index contributed by atoms with van der Waals surface area (Å²) in [6.07, 6.45) is 4.25. The maximum atomic E-state index is 11.9. The van der Waals surface area contributed by atoms with E-state index in [9.17, 15) is 5.11 Å². The predicted octanol–water partition coefficient (Wildman–Crippen LogP) is 4.33. The molecule has 1 N–H and O–H groups in total. The van der Waals surface area contributed by atoms with Crippen molar-refractivity contribution in [3.8, 4) is 0 Å². The summed E-state index contributed by atoms with van der Waals surface area (Å²) in [4.78, 5) is 7.01. The number of hydrogen-bond donors (Lipinski definition) is 1. The molecule has 2 heterocycles. The van der Waals surface area contributed by atoms with E-state index in [2.05, 4.69) is 60.3 Å². The zero-order valence-electron chi connectivity index (χ0n) is 15.7. The van der Waals surface area contributed by atoms with Crippen LogP contribution in [0.15, 0.2) is 52.3 Å². The highest BCUT2D eigenvalue weighted by Gasteiger charge is 2.39. The molecule has 0 unspecified atom stereocenters. The first-order valence-corrected chi connectivity index (χ1v) is 10.4. The first-order chi connectivity index (χ1) is 12.6. The summed E-state index contributed by atoms with van der Waals surface area (Å²) < 4.78 is 0. The van der Waals surface area contributed by atoms with Gasteiger partial charge in [-0.25, -0.2) is 0 Å². The van der Waals surface area contributed by atoms with Gasteiger partial charge in [-0.3, -0.25) is 0 Å². The van der Waals surface area contributed by atoms with Crippen molar-refractivity contribution < 1.29 is 5.11 Å². The number of aliphatic hydroxyl groups is 1. The summed E-state index contributed by atoms with van der Waals surface area (Å²) in [5.41, 5.74) is 2.51. The van der Waals surface area contributed by atoms with E-state index in [0.29, 0.717) is 0 Å². The van der Waals surface area contributed by atoms with E-state index in [0.717, 1.165) is 43.6 Å². The highest BCUT2D eigenvalue weighted by molar-refractivity contribution is 7.99. The van der Waals surface area contributed by atoms with Crippen LogP contribution in [0.4, 0.5) is 5.69 Å². The molecule has 1 saturated heterocycles. The van der Waals surface area contributed by atoms with Gasteiger partial charge in [0.15, 0.2) is 0 Å². The minimum absolute atomic E-state index is 0.749. The average Bonchev–Trinajstić information content (AvgIpc) is 3.16. The van der Waals surface area contributed by atoms with Crippen molar-refractivity contribution in [2.24, 2.45) is 0 Å². The highest BCUT2D eigenvalue weighted by atomic mass is 32.2. The van der Waals surface area contributed by atoms with Crippen LogP contribution >= 0.6 is 11.8 Å². The molecule has 0 aromatic heterocycles. The lowest BCUT2D eigenvalue weighted by Gasteiger charge is -2.37.